The number of hydrogen-bond acceptors (Lipinski definition) is 3. The van der Waals surface area contributed by atoms with Gasteiger partial charge in [-0.25, -0.2) is 0 Å². The quantitative estimate of drug-likeness (QED) is 0.777. The fourth-order valence-electron chi connectivity index (χ4n) is 2.29. The second kappa shape index (κ2) is 7.40. The van der Waals surface area contributed by atoms with Crippen molar-refractivity contribution in [3.8, 4) is 5.75 Å². The van der Waals surface area contributed by atoms with Gasteiger partial charge < -0.3 is 15.6 Å². The maximum atomic E-state index is 10.8. The molecule has 21 heavy (non-hydrogen) atoms. The zero-order valence-corrected chi connectivity index (χ0v) is 14.8. The lowest BCUT2D eigenvalue weighted by Gasteiger charge is -2.24. The average Bonchev–Trinajstić information content (AvgIpc) is 2.50. The molecule has 2 rings (SSSR count). The normalized spacial score (nSPS) is 13.8. The van der Waals surface area contributed by atoms with Crippen LogP contribution < -0.4 is 10.5 Å². The number of hydrogen-bond donors (Lipinski definition) is 2. The third kappa shape index (κ3) is 3.66. The van der Waals surface area contributed by atoms with Crippen LogP contribution in [-0.2, 0) is 0 Å². The SMILES string of the molecule is COc1ccc(Br)c(C(O)C(CN)c2ccccc2Br)c1. The van der Waals surface area contributed by atoms with Crippen LogP contribution in [0, 0.1) is 0 Å². The van der Waals surface area contributed by atoms with Crippen LogP contribution in [-0.4, -0.2) is 18.8 Å². The van der Waals surface area contributed by atoms with Gasteiger partial charge in [0.25, 0.3) is 0 Å². The van der Waals surface area contributed by atoms with Crippen molar-refractivity contribution in [3.05, 3.63) is 62.5 Å². The van der Waals surface area contributed by atoms with E-state index in [9.17, 15) is 5.11 Å². The summed E-state index contributed by atoms with van der Waals surface area (Å²) < 4.78 is 7.01. The smallest absolute Gasteiger partial charge is 0.119 e. The first-order chi connectivity index (χ1) is 10.1. The molecule has 2 unspecified atom stereocenters. The second-order valence-electron chi connectivity index (χ2n) is 4.70. The van der Waals surface area contributed by atoms with Gasteiger partial charge >= 0.3 is 0 Å². The molecule has 3 N–H and O–H groups in total. The van der Waals surface area contributed by atoms with Gasteiger partial charge in [-0.1, -0.05) is 50.1 Å². The minimum atomic E-state index is -0.724. The van der Waals surface area contributed by atoms with Crippen molar-refractivity contribution in [2.45, 2.75) is 12.0 Å². The molecule has 0 bridgehead atoms. The van der Waals surface area contributed by atoms with Crippen LogP contribution in [0.2, 0.25) is 0 Å². The summed E-state index contributed by atoms with van der Waals surface area (Å²) in [6.45, 7) is 0.341. The van der Waals surface area contributed by atoms with E-state index in [1.54, 1.807) is 7.11 Å². The summed E-state index contributed by atoms with van der Waals surface area (Å²) in [5.74, 6) is 0.499. The third-order valence-electron chi connectivity index (χ3n) is 3.46. The lowest BCUT2D eigenvalue weighted by molar-refractivity contribution is 0.146. The van der Waals surface area contributed by atoms with Gasteiger partial charge in [0, 0.05) is 21.4 Å². The molecule has 0 aromatic heterocycles. The van der Waals surface area contributed by atoms with Crippen molar-refractivity contribution in [1.29, 1.82) is 0 Å². The first kappa shape index (κ1) is 16.5. The van der Waals surface area contributed by atoms with E-state index in [0.29, 0.717) is 12.3 Å². The Labute approximate surface area is 141 Å². The molecule has 5 heteroatoms. The van der Waals surface area contributed by atoms with E-state index in [2.05, 4.69) is 31.9 Å². The minimum Gasteiger partial charge on any atom is -0.497 e. The van der Waals surface area contributed by atoms with Gasteiger partial charge in [0.2, 0.25) is 0 Å². The number of benzene rings is 2. The highest BCUT2D eigenvalue weighted by Crippen LogP contribution is 2.38. The van der Waals surface area contributed by atoms with E-state index in [0.717, 1.165) is 20.1 Å². The molecule has 0 spiro atoms. The first-order valence-corrected chi connectivity index (χ1v) is 8.13. The van der Waals surface area contributed by atoms with Crippen LogP contribution in [0.1, 0.15) is 23.1 Å². The van der Waals surface area contributed by atoms with Crippen LogP contribution in [0.25, 0.3) is 0 Å². The molecule has 0 amide bonds. The standard InChI is InChI=1S/C16H17Br2NO2/c1-21-10-6-7-15(18)12(8-10)16(20)13(9-19)11-4-2-3-5-14(11)17/h2-8,13,16,20H,9,19H2,1H3. The largest absolute Gasteiger partial charge is 0.497 e. The predicted octanol–water partition coefficient (Wildman–Crippen LogP) is 4.00. The highest BCUT2D eigenvalue weighted by Gasteiger charge is 2.25. The number of rotatable bonds is 5. The van der Waals surface area contributed by atoms with E-state index in [1.165, 1.54) is 0 Å². The van der Waals surface area contributed by atoms with Crippen LogP contribution >= 0.6 is 31.9 Å². The van der Waals surface area contributed by atoms with Crippen LogP contribution in [0.15, 0.2) is 51.4 Å². The van der Waals surface area contributed by atoms with Crippen molar-refractivity contribution >= 4 is 31.9 Å². The predicted molar refractivity (Wildman–Crippen MR) is 91.6 cm³/mol. The summed E-state index contributed by atoms with van der Waals surface area (Å²) >= 11 is 7.00. The lowest BCUT2D eigenvalue weighted by Crippen LogP contribution is -2.21. The van der Waals surface area contributed by atoms with Gasteiger partial charge in [-0.2, -0.15) is 0 Å². The molecule has 0 saturated heterocycles. The molecule has 3 nitrogen and oxygen atoms in total. The van der Waals surface area contributed by atoms with Gasteiger partial charge in [0.05, 0.1) is 13.2 Å². The average molecular weight is 415 g/mol. The summed E-state index contributed by atoms with van der Waals surface area (Å²) in [6.07, 6.45) is -0.724. The molecular weight excluding hydrogens is 398 g/mol. The Kier molecular flexibility index (Phi) is 5.81. The highest BCUT2D eigenvalue weighted by atomic mass is 79.9. The maximum Gasteiger partial charge on any atom is 0.119 e. The van der Waals surface area contributed by atoms with Gasteiger partial charge in [-0.05, 0) is 35.4 Å². The molecule has 0 aliphatic heterocycles. The van der Waals surface area contributed by atoms with E-state index in [4.69, 9.17) is 10.5 Å². The van der Waals surface area contributed by atoms with E-state index in [-0.39, 0.29) is 5.92 Å². The maximum absolute atomic E-state index is 10.8. The number of methoxy groups -OCH3 is 1. The highest BCUT2D eigenvalue weighted by molar-refractivity contribution is 9.10. The molecule has 0 heterocycles. The molecule has 112 valence electrons. The molecule has 2 aromatic rings. The van der Waals surface area contributed by atoms with Crippen molar-refractivity contribution < 1.29 is 9.84 Å². The van der Waals surface area contributed by atoms with Crippen LogP contribution in [0.4, 0.5) is 0 Å². The molecule has 0 aliphatic carbocycles. The number of aliphatic hydroxyl groups excluding tert-OH is 1. The fraction of sp³-hybridized carbons (Fsp3) is 0.250. The van der Waals surface area contributed by atoms with E-state index < -0.39 is 6.10 Å². The zero-order chi connectivity index (χ0) is 15.4. The summed E-state index contributed by atoms with van der Waals surface area (Å²) in [6, 6.07) is 13.3. The van der Waals surface area contributed by atoms with Gasteiger partial charge in [-0.15, -0.1) is 0 Å². The zero-order valence-electron chi connectivity index (χ0n) is 11.6. The molecule has 2 aromatic carbocycles. The van der Waals surface area contributed by atoms with Crippen molar-refractivity contribution in [2.24, 2.45) is 5.73 Å². The van der Waals surface area contributed by atoms with Crippen molar-refractivity contribution in [1.82, 2.24) is 0 Å². The first-order valence-electron chi connectivity index (χ1n) is 6.54. The number of ether oxygens (including phenoxy) is 1. The molecule has 0 aliphatic rings. The van der Waals surface area contributed by atoms with E-state index >= 15 is 0 Å². The second-order valence-corrected chi connectivity index (χ2v) is 6.40. The molecule has 2 atom stereocenters. The van der Waals surface area contributed by atoms with Gasteiger partial charge in [0.1, 0.15) is 5.75 Å². The fourth-order valence-corrected chi connectivity index (χ4v) is 3.35. The Balaban J connectivity index is 2.41. The number of nitrogens with two attached hydrogens (primary N) is 1. The van der Waals surface area contributed by atoms with Crippen LogP contribution in [0.5, 0.6) is 5.75 Å². The summed E-state index contributed by atoms with van der Waals surface area (Å²) in [7, 11) is 1.60. The number of aliphatic hydroxyl groups is 1. The lowest BCUT2D eigenvalue weighted by atomic mass is 9.89. The molecule has 0 saturated carbocycles. The monoisotopic (exact) mass is 413 g/mol. The summed E-state index contributed by atoms with van der Waals surface area (Å²) in [4.78, 5) is 0. The number of halogens is 2. The van der Waals surface area contributed by atoms with Gasteiger partial charge in [-0.3, -0.25) is 0 Å². The molecule has 0 radical (unpaired) electrons. The Morgan fingerprint density at radius 1 is 1.10 bits per heavy atom. The Morgan fingerprint density at radius 3 is 2.38 bits per heavy atom. The topological polar surface area (TPSA) is 55.5 Å². The Hall–Kier alpha value is -0.880. The van der Waals surface area contributed by atoms with Gasteiger partial charge in [0.15, 0.2) is 0 Å². The van der Waals surface area contributed by atoms with E-state index in [1.807, 2.05) is 42.5 Å². The third-order valence-corrected chi connectivity index (χ3v) is 4.91. The minimum absolute atomic E-state index is 0.205. The molecular formula is C16H17Br2NO2. The Bertz CT molecular complexity index is 619. The molecule has 0 fully saturated rings. The summed E-state index contributed by atoms with van der Waals surface area (Å²) in [5, 5.41) is 10.8. The van der Waals surface area contributed by atoms with Crippen LogP contribution in [0.3, 0.4) is 0 Å². The summed E-state index contributed by atoms with van der Waals surface area (Å²) in [5.41, 5.74) is 7.66. The van der Waals surface area contributed by atoms with Crippen molar-refractivity contribution in [2.75, 3.05) is 13.7 Å². The Morgan fingerprint density at radius 2 is 1.76 bits per heavy atom. The van der Waals surface area contributed by atoms with Crippen molar-refractivity contribution in [3.63, 3.8) is 0 Å².